The number of para-hydroxylation sites is 1. The molecule has 0 saturated carbocycles. The van der Waals surface area contributed by atoms with Crippen LogP contribution in [0.25, 0.3) is 22.4 Å². The highest BCUT2D eigenvalue weighted by atomic mass is 32.2. The molecule has 0 atom stereocenters. The molecule has 1 fully saturated rings. The van der Waals surface area contributed by atoms with E-state index in [0.29, 0.717) is 22.1 Å². The molecule has 0 unspecified atom stereocenters. The Bertz CT molecular complexity index is 1380. The van der Waals surface area contributed by atoms with E-state index in [0.717, 1.165) is 48.3 Å². The van der Waals surface area contributed by atoms with Crippen molar-refractivity contribution < 1.29 is 4.79 Å². The second kappa shape index (κ2) is 8.43. The number of carbonyl (C=O) groups excluding carboxylic acids is 1. The topological polar surface area (TPSA) is 72.5 Å². The van der Waals surface area contributed by atoms with E-state index in [1.54, 1.807) is 4.57 Å². The van der Waals surface area contributed by atoms with Crippen LogP contribution in [0, 0.1) is 13.8 Å². The summed E-state index contributed by atoms with van der Waals surface area (Å²) in [5.41, 5.74) is 3.52. The van der Waals surface area contributed by atoms with Crippen LogP contribution < -0.4 is 5.56 Å². The van der Waals surface area contributed by atoms with Crippen LogP contribution in [-0.2, 0) is 4.79 Å². The van der Waals surface area contributed by atoms with Crippen molar-refractivity contribution in [2.24, 2.45) is 0 Å². The van der Waals surface area contributed by atoms with Gasteiger partial charge in [0, 0.05) is 13.1 Å². The number of benzene rings is 2. The average molecular weight is 448 g/mol. The fraction of sp³-hybridized carbons (Fsp3) is 0.333. The SMILES string of the molecule is Cc1cccc(-n2c(=O)c3ccccc3n3c(SCC(=O)N4CCCCC4)nnc23)c1C. The maximum Gasteiger partial charge on any atom is 0.267 e. The smallest absolute Gasteiger partial charge is 0.267 e. The van der Waals surface area contributed by atoms with Gasteiger partial charge in [-0.3, -0.25) is 14.0 Å². The van der Waals surface area contributed by atoms with Crippen molar-refractivity contribution in [3.63, 3.8) is 0 Å². The fourth-order valence-corrected chi connectivity index (χ4v) is 5.17. The minimum Gasteiger partial charge on any atom is -0.342 e. The number of aryl methyl sites for hydroxylation is 1. The van der Waals surface area contributed by atoms with Crippen LogP contribution in [0.2, 0.25) is 0 Å². The summed E-state index contributed by atoms with van der Waals surface area (Å²) in [6.45, 7) is 5.69. The number of aromatic nitrogens is 4. The second-order valence-electron chi connectivity index (χ2n) is 8.22. The predicted molar refractivity (Wildman–Crippen MR) is 127 cm³/mol. The van der Waals surface area contributed by atoms with Crippen molar-refractivity contribution in [3.05, 3.63) is 63.9 Å². The van der Waals surface area contributed by atoms with Gasteiger partial charge in [-0.15, -0.1) is 10.2 Å². The van der Waals surface area contributed by atoms with Gasteiger partial charge in [-0.25, -0.2) is 4.57 Å². The number of amides is 1. The number of piperidine rings is 1. The predicted octanol–water partition coefficient (Wildman–Crippen LogP) is 3.75. The molecule has 8 heteroatoms. The number of fused-ring (bicyclic) bond motifs is 3. The van der Waals surface area contributed by atoms with E-state index < -0.39 is 0 Å². The Morgan fingerprint density at radius 2 is 1.78 bits per heavy atom. The van der Waals surface area contributed by atoms with Gasteiger partial charge in [0.25, 0.3) is 5.56 Å². The fourth-order valence-electron chi connectivity index (χ4n) is 4.33. The molecule has 0 radical (unpaired) electrons. The lowest BCUT2D eigenvalue weighted by molar-refractivity contribution is -0.129. The minimum absolute atomic E-state index is 0.124. The summed E-state index contributed by atoms with van der Waals surface area (Å²) in [5, 5.41) is 9.98. The summed E-state index contributed by atoms with van der Waals surface area (Å²) >= 11 is 1.37. The first-order valence-corrected chi connectivity index (χ1v) is 11.9. The van der Waals surface area contributed by atoms with Crippen molar-refractivity contribution in [2.45, 2.75) is 38.3 Å². The van der Waals surface area contributed by atoms with Gasteiger partial charge < -0.3 is 4.90 Å². The van der Waals surface area contributed by atoms with Crippen molar-refractivity contribution in [2.75, 3.05) is 18.8 Å². The number of rotatable bonds is 4. The van der Waals surface area contributed by atoms with Gasteiger partial charge in [0.05, 0.1) is 22.3 Å². The summed E-state index contributed by atoms with van der Waals surface area (Å²) in [6, 6.07) is 13.4. The highest BCUT2D eigenvalue weighted by Gasteiger charge is 2.21. The van der Waals surface area contributed by atoms with Crippen LogP contribution in [0.1, 0.15) is 30.4 Å². The monoisotopic (exact) mass is 447 g/mol. The van der Waals surface area contributed by atoms with Gasteiger partial charge in [0.1, 0.15) is 0 Å². The number of thioether (sulfide) groups is 1. The molecule has 32 heavy (non-hydrogen) atoms. The Morgan fingerprint density at radius 3 is 2.59 bits per heavy atom. The van der Waals surface area contributed by atoms with Crippen molar-refractivity contribution in [3.8, 4) is 5.69 Å². The Kier molecular flexibility index (Phi) is 5.46. The molecule has 2 aromatic heterocycles. The number of hydrogen-bond acceptors (Lipinski definition) is 5. The molecule has 1 amide bonds. The molecule has 2 aromatic carbocycles. The van der Waals surface area contributed by atoms with Crippen LogP contribution in [0.4, 0.5) is 0 Å². The van der Waals surface area contributed by atoms with Crippen LogP contribution in [-0.4, -0.2) is 48.8 Å². The quantitative estimate of drug-likeness (QED) is 0.446. The van der Waals surface area contributed by atoms with E-state index in [9.17, 15) is 9.59 Å². The van der Waals surface area contributed by atoms with Crippen LogP contribution in [0.15, 0.2) is 52.4 Å². The van der Waals surface area contributed by atoms with E-state index in [2.05, 4.69) is 10.2 Å². The van der Waals surface area contributed by atoms with Crippen LogP contribution in [0.5, 0.6) is 0 Å². The third-order valence-electron chi connectivity index (χ3n) is 6.25. The molecule has 1 aliphatic heterocycles. The first-order chi connectivity index (χ1) is 15.6. The summed E-state index contributed by atoms with van der Waals surface area (Å²) in [5.74, 6) is 0.881. The normalized spacial score (nSPS) is 14.4. The average Bonchev–Trinajstić information content (AvgIpc) is 3.24. The molecule has 0 N–H and O–H groups in total. The maximum absolute atomic E-state index is 13.5. The van der Waals surface area contributed by atoms with Gasteiger partial charge in [0.15, 0.2) is 5.16 Å². The summed E-state index contributed by atoms with van der Waals surface area (Å²) in [6.07, 6.45) is 3.32. The molecule has 0 bridgehead atoms. The first kappa shape index (κ1) is 20.8. The minimum atomic E-state index is -0.129. The number of likely N-dealkylation sites (tertiary alicyclic amines) is 1. The largest absolute Gasteiger partial charge is 0.342 e. The molecular formula is C24H25N5O2S. The highest BCUT2D eigenvalue weighted by molar-refractivity contribution is 7.99. The summed E-state index contributed by atoms with van der Waals surface area (Å²) < 4.78 is 3.53. The van der Waals surface area contributed by atoms with Crippen molar-refractivity contribution in [1.29, 1.82) is 0 Å². The molecule has 1 saturated heterocycles. The number of nitrogens with zero attached hydrogens (tertiary/aromatic N) is 5. The Hall–Kier alpha value is -3.13. The van der Waals surface area contributed by atoms with E-state index in [1.165, 1.54) is 18.2 Å². The molecule has 0 aliphatic carbocycles. The lowest BCUT2D eigenvalue weighted by Gasteiger charge is -2.26. The molecule has 7 nitrogen and oxygen atoms in total. The zero-order chi connectivity index (χ0) is 22.2. The molecule has 4 aromatic rings. The zero-order valence-electron chi connectivity index (χ0n) is 18.2. The summed E-state index contributed by atoms with van der Waals surface area (Å²) in [4.78, 5) is 28.1. The molecule has 3 heterocycles. The molecule has 5 rings (SSSR count). The zero-order valence-corrected chi connectivity index (χ0v) is 19.1. The van der Waals surface area contributed by atoms with Gasteiger partial charge in [-0.05, 0) is 62.4 Å². The third kappa shape index (κ3) is 3.48. The molecule has 164 valence electrons. The Labute approximate surface area is 190 Å². The third-order valence-corrected chi connectivity index (χ3v) is 7.16. The van der Waals surface area contributed by atoms with Crippen LogP contribution in [0.3, 0.4) is 0 Å². The van der Waals surface area contributed by atoms with Crippen molar-refractivity contribution in [1.82, 2.24) is 24.1 Å². The standard InChI is InChI=1S/C24H25N5O2S/c1-16-9-8-12-19(17(16)2)28-22(31)18-10-4-5-11-20(18)29-23(28)25-26-24(29)32-15-21(30)27-13-6-3-7-14-27/h4-5,8-12H,3,6-7,13-15H2,1-2H3. The van der Waals surface area contributed by atoms with Gasteiger partial charge in [0.2, 0.25) is 11.7 Å². The maximum atomic E-state index is 13.5. The molecule has 1 aliphatic rings. The Morgan fingerprint density at radius 1 is 1.00 bits per heavy atom. The van der Waals surface area contributed by atoms with Crippen molar-refractivity contribution >= 4 is 34.3 Å². The lowest BCUT2D eigenvalue weighted by Crippen LogP contribution is -2.36. The van der Waals surface area contributed by atoms with Crippen LogP contribution >= 0.6 is 11.8 Å². The van der Waals surface area contributed by atoms with E-state index in [1.807, 2.05) is 65.6 Å². The molecule has 0 spiro atoms. The summed E-state index contributed by atoms with van der Waals surface area (Å²) in [7, 11) is 0. The molecular weight excluding hydrogens is 422 g/mol. The second-order valence-corrected chi connectivity index (χ2v) is 9.17. The number of carbonyl (C=O) groups is 1. The first-order valence-electron chi connectivity index (χ1n) is 10.9. The van der Waals surface area contributed by atoms with E-state index >= 15 is 0 Å². The van der Waals surface area contributed by atoms with E-state index in [4.69, 9.17) is 0 Å². The van der Waals surface area contributed by atoms with E-state index in [-0.39, 0.29) is 11.5 Å². The van der Waals surface area contributed by atoms with Gasteiger partial charge in [-0.1, -0.05) is 36.0 Å². The highest BCUT2D eigenvalue weighted by Crippen LogP contribution is 2.25. The van der Waals surface area contributed by atoms with Gasteiger partial charge >= 0.3 is 0 Å². The number of hydrogen-bond donors (Lipinski definition) is 0. The Balaban J connectivity index is 1.64. The van der Waals surface area contributed by atoms with Gasteiger partial charge in [-0.2, -0.15) is 0 Å². The lowest BCUT2D eigenvalue weighted by atomic mass is 10.1.